The van der Waals surface area contributed by atoms with Crippen LogP contribution in [0.25, 0.3) is 0 Å². The Labute approximate surface area is 130 Å². The second-order valence-corrected chi connectivity index (χ2v) is 6.07. The molecule has 1 amide bonds. The largest absolute Gasteiger partial charge is 0.356 e. The molecule has 3 nitrogen and oxygen atoms in total. The number of hydrogen-bond acceptors (Lipinski definition) is 3. The molecule has 0 unspecified atom stereocenters. The summed E-state index contributed by atoms with van der Waals surface area (Å²) in [6, 6.07) is 6.52. The quantitative estimate of drug-likeness (QED) is 0.851. The van der Waals surface area contributed by atoms with E-state index in [1.807, 2.05) is 10.9 Å². The summed E-state index contributed by atoms with van der Waals surface area (Å²) >= 11 is 1.59. The highest BCUT2D eigenvalue weighted by Gasteiger charge is 2.03. The van der Waals surface area contributed by atoms with E-state index in [1.165, 1.54) is 16.7 Å². The molecule has 2 aromatic rings. The zero-order valence-corrected chi connectivity index (χ0v) is 13.5. The molecule has 2 rings (SSSR count). The Morgan fingerprint density at radius 2 is 2.10 bits per heavy atom. The van der Waals surface area contributed by atoms with Crippen LogP contribution in [0, 0.1) is 13.8 Å². The minimum atomic E-state index is 0.133. The van der Waals surface area contributed by atoms with Crippen LogP contribution in [0.1, 0.15) is 35.2 Å². The molecule has 1 aromatic carbocycles. The molecule has 4 heteroatoms. The van der Waals surface area contributed by atoms with E-state index in [1.54, 1.807) is 11.3 Å². The van der Waals surface area contributed by atoms with Gasteiger partial charge in [0.1, 0.15) is 0 Å². The predicted octanol–water partition coefficient (Wildman–Crippen LogP) is 3.44. The zero-order chi connectivity index (χ0) is 15.1. The van der Waals surface area contributed by atoms with Crippen molar-refractivity contribution >= 4 is 17.2 Å². The van der Waals surface area contributed by atoms with Gasteiger partial charge in [-0.3, -0.25) is 4.79 Å². The number of carbonyl (C=O) groups is 1. The lowest BCUT2D eigenvalue weighted by atomic mass is 10.0. The number of nitrogens with one attached hydrogen (secondary N) is 1. The average Bonchev–Trinajstić information content (AvgIpc) is 2.96. The smallest absolute Gasteiger partial charge is 0.220 e. The van der Waals surface area contributed by atoms with Crippen LogP contribution in [0.4, 0.5) is 0 Å². The lowest BCUT2D eigenvalue weighted by Gasteiger charge is -2.06. The standard InChI is InChI=1S/C17H22N2OS/c1-13-6-7-15(10-14(13)2)4-3-5-17(20)18-9-8-16-11-21-12-19-16/h6-7,10-12H,3-5,8-9H2,1-2H3,(H,18,20). The predicted molar refractivity (Wildman–Crippen MR) is 87.7 cm³/mol. The van der Waals surface area contributed by atoms with Crippen molar-refractivity contribution in [2.75, 3.05) is 6.54 Å². The summed E-state index contributed by atoms with van der Waals surface area (Å²) < 4.78 is 0. The molecule has 0 atom stereocenters. The summed E-state index contributed by atoms with van der Waals surface area (Å²) in [7, 11) is 0. The van der Waals surface area contributed by atoms with Crippen molar-refractivity contribution in [2.24, 2.45) is 0 Å². The number of amides is 1. The molecule has 0 saturated heterocycles. The first-order valence-electron chi connectivity index (χ1n) is 7.35. The van der Waals surface area contributed by atoms with Gasteiger partial charge >= 0.3 is 0 Å². The second-order valence-electron chi connectivity index (χ2n) is 5.35. The molecule has 112 valence electrons. The zero-order valence-electron chi connectivity index (χ0n) is 12.7. The molecule has 0 aliphatic heterocycles. The monoisotopic (exact) mass is 302 g/mol. The summed E-state index contributed by atoms with van der Waals surface area (Å²) in [4.78, 5) is 16.0. The number of hydrogen-bond donors (Lipinski definition) is 1. The van der Waals surface area contributed by atoms with Gasteiger partial charge in [0.2, 0.25) is 5.91 Å². The number of thiazole rings is 1. The first-order chi connectivity index (χ1) is 10.1. The van der Waals surface area contributed by atoms with Crippen molar-refractivity contribution in [2.45, 2.75) is 39.5 Å². The second kappa shape index (κ2) is 7.93. The van der Waals surface area contributed by atoms with E-state index >= 15 is 0 Å². The third kappa shape index (κ3) is 5.31. The Hall–Kier alpha value is -1.68. The molecular weight excluding hydrogens is 280 g/mol. The third-order valence-electron chi connectivity index (χ3n) is 3.63. The van der Waals surface area contributed by atoms with E-state index in [9.17, 15) is 4.79 Å². The van der Waals surface area contributed by atoms with Crippen molar-refractivity contribution in [3.05, 3.63) is 51.5 Å². The van der Waals surface area contributed by atoms with Gasteiger partial charge in [-0.1, -0.05) is 18.2 Å². The van der Waals surface area contributed by atoms with E-state index in [2.05, 4.69) is 42.3 Å². The fourth-order valence-corrected chi connectivity index (χ4v) is 2.78. The third-order valence-corrected chi connectivity index (χ3v) is 4.26. The molecule has 0 aliphatic carbocycles. The van der Waals surface area contributed by atoms with Gasteiger partial charge in [-0.15, -0.1) is 11.3 Å². The van der Waals surface area contributed by atoms with Gasteiger partial charge in [0.15, 0.2) is 0 Å². The van der Waals surface area contributed by atoms with E-state index < -0.39 is 0 Å². The highest BCUT2D eigenvalue weighted by atomic mass is 32.1. The molecule has 0 saturated carbocycles. The number of carbonyl (C=O) groups excluding carboxylic acids is 1. The van der Waals surface area contributed by atoms with Crippen LogP contribution in [-0.2, 0) is 17.6 Å². The van der Waals surface area contributed by atoms with Gasteiger partial charge in [0.25, 0.3) is 0 Å². The van der Waals surface area contributed by atoms with E-state index in [4.69, 9.17) is 0 Å². The van der Waals surface area contributed by atoms with Gasteiger partial charge in [-0.25, -0.2) is 4.98 Å². The van der Waals surface area contributed by atoms with Crippen molar-refractivity contribution in [1.82, 2.24) is 10.3 Å². The molecule has 21 heavy (non-hydrogen) atoms. The van der Waals surface area contributed by atoms with Crippen LogP contribution in [0.3, 0.4) is 0 Å². The molecular formula is C17H22N2OS. The molecule has 1 aromatic heterocycles. The molecule has 1 N–H and O–H groups in total. The SMILES string of the molecule is Cc1ccc(CCCC(=O)NCCc2cscn2)cc1C. The Morgan fingerprint density at radius 1 is 1.24 bits per heavy atom. The minimum absolute atomic E-state index is 0.133. The number of aromatic nitrogens is 1. The summed E-state index contributed by atoms with van der Waals surface area (Å²) in [5.74, 6) is 0.133. The first-order valence-corrected chi connectivity index (χ1v) is 8.29. The lowest BCUT2D eigenvalue weighted by Crippen LogP contribution is -2.25. The minimum Gasteiger partial charge on any atom is -0.356 e. The van der Waals surface area contributed by atoms with Crippen LogP contribution in [0.2, 0.25) is 0 Å². The summed E-state index contributed by atoms with van der Waals surface area (Å²) in [5.41, 5.74) is 6.82. The lowest BCUT2D eigenvalue weighted by molar-refractivity contribution is -0.121. The maximum atomic E-state index is 11.8. The highest BCUT2D eigenvalue weighted by molar-refractivity contribution is 7.07. The van der Waals surface area contributed by atoms with E-state index in [0.717, 1.165) is 25.0 Å². The van der Waals surface area contributed by atoms with E-state index in [0.29, 0.717) is 13.0 Å². The fraction of sp³-hybridized carbons (Fsp3) is 0.412. The molecule has 0 aliphatic rings. The van der Waals surface area contributed by atoms with Crippen LogP contribution in [0.5, 0.6) is 0 Å². The number of aryl methyl sites for hydroxylation is 3. The maximum Gasteiger partial charge on any atom is 0.220 e. The highest BCUT2D eigenvalue weighted by Crippen LogP contribution is 2.12. The summed E-state index contributed by atoms with van der Waals surface area (Å²) in [6.07, 6.45) is 3.25. The topological polar surface area (TPSA) is 42.0 Å². The van der Waals surface area contributed by atoms with Crippen molar-refractivity contribution in [1.29, 1.82) is 0 Å². The van der Waals surface area contributed by atoms with Gasteiger partial charge < -0.3 is 5.32 Å². The van der Waals surface area contributed by atoms with Gasteiger partial charge in [-0.05, 0) is 43.4 Å². The van der Waals surface area contributed by atoms with Crippen LogP contribution < -0.4 is 5.32 Å². The molecule has 0 spiro atoms. The van der Waals surface area contributed by atoms with Crippen LogP contribution in [-0.4, -0.2) is 17.4 Å². The Balaban J connectivity index is 1.63. The van der Waals surface area contributed by atoms with Gasteiger partial charge in [0.05, 0.1) is 11.2 Å². The van der Waals surface area contributed by atoms with Crippen LogP contribution in [0.15, 0.2) is 29.1 Å². The Morgan fingerprint density at radius 3 is 2.81 bits per heavy atom. The summed E-state index contributed by atoms with van der Waals surface area (Å²) in [6.45, 7) is 4.92. The molecule has 0 radical (unpaired) electrons. The summed E-state index contributed by atoms with van der Waals surface area (Å²) in [5, 5.41) is 4.97. The first kappa shape index (κ1) is 15.7. The number of rotatable bonds is 7. The molecule has 0 fully saturated rings. The molecule has 0 bridgehead atoms. The van der Waals surface area contributed by atoms with Gasteiger partial charge in [-0.2, -0.15) is 0 Å². The van der Waals surface area contributed by atoms with E-state index in [-0.39, 0.29) is 5.91 Å². The van der Waals surface area contributed by atoms with Crippen LogP contribution >= 0.6 is 11.3 Å². The van der Waals surface area contributed by atoms with Crippen molar-refractivity contribution < 1.29 is 4.79 Å². The maximum absolute atomic E-state index is 11.8. The number of nitrogens with zero attached hydrogens (tertiary/aromatic N) is 1. The Kier molecular flexibility index (Phi) is 5.93. The average molecular weight is 302 g/mol. The van der Waals surface area contributed by atoms with Gasteiger partial charge in [0, 0.05) is 24.8 Å². The normalized spacial score (nSPS) is 10.6. The van der Waals surface area contributed by atoms with Crippen molar-refractivity contribution in [3.8, 4) is 0 Å². The van der Waals surface area contributed by atoms with Crippen molar-refractivity contribution in [3.63, 3.8) is 0 Å². The number of benzene rings is 1. The molecule has 1 heterocycles. The fourth-order valence-electron chi connectivity index (χ4n) is 2.19. The Bertz CT molecular complexity index is 578.